The smallest absolute Gasteiger partial charge is 0.337 e. The van der Waals surface area contributed by atoms with Crippen LogP contribution in [0.3, 0.4) is 0 Å². The van der Waals surface area contributed by atoms with Gasteiger partial charge >= 0.3 is 5.97 Å². The number of nitrogens with one attached hydrogen (secondary N) is 1. The van der Waals surface area contributed by atoms with Crippen molar-refractivity contribution in [1.29, 1.82) is 0 Å². The topological polar surface area (TPSA) is 55.4 Å². The second kappa shape index (κ2) is 5.64. The van der Waals surface area contributed by atoms with Crippen LogP contribution in [-0.4, -0.2) is 19.0 Å². The van der Waals surface area contributed by atoms with Gasteiger partial charge in [0.25, 0.3) is 0 Å². The summed E-state index contributed by atoms with van der Waals surface area (Å²) in [5.41, 5.74) is 1.64. The monoisotopic (exact) mass is 295 g/mol. The molecular formula is C18H17NO3. The van der Waals surface area contributed by atoms with Gasteiger partial charge in [-0.1, -0.05) is 36.4 Å². The van der Waals surface area contributed by atoms with Crippen molar-refractivity contribution in [2.45, 2.75) is 18.3 Å². The van der Waals surface area contributed by atoms with Crippen molar-refractivity contribution in [3.05, 3.63) is 65.7 Å². The van der Waals surface area contributed by atoms with Crippen molar-refractivity contribution in [1.82, 2.24) is 0 Å². The van der Waals surface area contributed by atoms with Crippen LogP contribution in [0.1, 0.15) is 28.8 Å². The molecule has 112 valence electrons. The molecule has 0 atom stereocenters. The molecule has 22 heavy (non-hydrogen) atoms. The van der Waals surface area contributed by atoms with E-state index in [1.165, 1.54) is 7.11 Å². The van der Waals surface area contributed by atoms with Crippen molar-refractivity contribution in [3.63, 3.8) is 0 Å². The normalized spacial score (nSPS) is 15.0. The van der Waals surface area contributed by atoms with Crippen LogP contribution in [-0.2, 0) is 14.9 Å². The second-order valence-electron chi connectivity index (χ2n) is 5.47. The Balaban J connectivity index is 1.79. The summed E-state index contributed by atoms with van der Waals surface area (Å²) in [4.78, 5) is 24.2. The van der Waals surface area contributed by atoms with Crippen molar-refractivity contribution in [2.75, 3.05) is 12.4 Å². The van der Waals surface area contributed by atoms with Crippen LogP contribution in [0.2, 0.25) is 0 Å². The van der Waals surface area contributed by atoms with Gasteiger partial charge in [0.15, 0.2) is 0 Å². The average Bonchev–Trinajstić information content (AvgIpc) is 3.37. The highest BCUT2D eigenvalue weighted by Crippen LogP contribution is 2.48. The summed E-state index contributed by atoms with van der Waals surface area (Å²) in [7, 11) is 1.34. The Hall–Kier alpha value is -2.62. The van der Waals surface area contributed by atoms with Gasteiger partial charge in [-0.15, -0.1) is 0 Å². The van der Waals surface area contributed by atoms with Crippen LogP contribution in [0.15, 0.2) is 54.6 Å². The molecule has 1 amide bonds. The van der Waals surface area contributed by atoms with Gasteiger partial charge in [-0.05, 0) is 36.6 Å². The fourth-order valence-corrected chi connectivity index (χ4v) is 2.62. The summed E-state index contributed by atoms with van der Waals surface area (Å²) in [5.74, 6) is -0.444. The molecule has 0 radical (unpaired) electrons. The second-order valence-corrected chi connectivity index (χ2v) is 5.47. The average molecular weight is 295 g/mol. The van der Waals surface area contributed by atoms with Crippen LogP contribution in [0.5, 0.6) is 0 Å². The van der Waals surface area contributed by atoms with E-state index in [-0.39, 0.29) is 5.91 Å². The largest absolute Gasteiger partial charge is 0.465 e. The Bertz CT molecular complexity index is 705. The molecule has 0 aromatic heterocycles. The highest BCUT2D eigenvalue weighted by molar-refractivity contribution is 6.02. The van der Waals surface area contributed by atoms with E-state index in [0.717, 1.165) is 18.4 Å². The third-order valence-corrected chi connectivity index (χ3v) is 4.05. The third kappa shape index (κ3) is 2.60. The molecule has 0 spiro atoms. The third-order valence-electron chi connectivity index (χ3n) is 4.05. The first-order valence-corrected chi connectivity index (χ1v) is 7.21. The lowest BCUT2D eigenvalue weighted by Gasteiger charge is -2.16. The molecule has 0 aliphatic heterocycles. The first-order valence-electron chi connectivity index (χ1n) is 7.21. The van der Waals surface area contributed by atoms with Crippen LogP contribution >= 0.6 is 0 Å². The van der Waals surface area contributed by atoms with Crippen LogP contribution < -0.4 is 5.32 Å². The number of benzene rings is 2. The summed E-state index contributed by atoms with van der Waals surface area (Å²) in [5, 5.41) is 2.92. The van der Waals surface area contributed by atoms with Gasteiger partial charge in [-0.2, -0.15) is 0 Å². The Morgan fingerprint density at radius 2 is 1.77 bits per heavy atom. The number of esters is 1. The number of carbonyl (C=O) groups excluding carboxylic acids is 2. The minimum atomic E-state index is -0.428. The van der Waals surface area contributed by atoms with Crippen molar-refractivity contribution >= 4 is 17.6 Å². The molecule has 1 aliphatic carbocycles. The van der Waals surface area contributed by atoms with Crippen LogP contribution in [0, 0.1) is 0 Å². The van der Waals surface area contributed by atoms with Gasteiger partial charge in [-0.25, -0.2) is 4.79 Å². The van der Waals surface area contributed by atoms with Crippen molar-refractivity contribution in [2.24, 2.45) is 0 Å². The number of rotatable bonds is 4. The molecule has 0 unspecified atom stereocenters. The highest BCUT2D eigenvalue weighted by Gasteiger charge is 2.51. The Morgan fingerprint density at radius 3 is 2.41 bits per heavy atom. The summed E-state index contributed by atoms with van der Waals surface area (Å²) in [6.07, 6.45) is 1.69. The number of hydrogen-bond acceptors (Lipinski definition) is 3. The van der Waals surface area contributed by atoms with Gasteiger partial charge in [0, 0.05) is 5.69 Å². The van der Waals surface area contributed by atoms with E-state index in [4.69, 9.17) is 4.74 Å². The lowest BCUT2D eigenvalue weighted by Crippen LogP contribution is -2.27. The zero-order valence-corrected chi connectivity index (χ0v) is 12.3. The maximum Gasteiger partial charge on any atom is 0.337 e. The molecular weight excluding hydrogens is 278 g/mol. The summed E-state index contributed by atoms with van der Waals surface area (Å²) in [6.45, 7) is 0. The predicted octanol–water partition coefficient (Wildman–Crippen LogP) is 3.14. The number of methoxy groups -OCH3 is 1. The first-order chi connectivity index (χ1) is 10.7. The van der Waals surface area contributed by atoms with Gasteiger partial charge in [0.2, 0.25) is 5.91 Å². The minimum Gasteiger partial charge on any atom is -0.465 e. The lowest BCUT2D eigenvalue weighted by atomic mass is 9.95. The molecule has 1 aliphatic rings. The fraction of sp³-hybridized carbons (Fsp3) is 0.222. The Labute approximate surface area is 129 Å². The molecule has 4 heteroatoms. The zero-order valence-electron chi connectivity index (χ0n) is 12.3. The molecule has 1 saturated carbocycles. The molecule has 2 aromatic rings. The van der Waals surface area contributed by atoms with Crippen molar-refractivity contribution < 1.29 is 14.3 Å². The van der Waals surface area contributed by atoms with Crippen LogP contribution in [0.25, 0.3) is 0 Å². The number of amides is 1. The van der Waals surface area contributed by atoms with Crippen molar-refractivity contribution in [3.8, 4) is 0 Å². The lowest BCUT2D eigenvalue weighted by molar-refractivity contribution is -0.118. The fourth-order valence-electron chi connectivity index (χ4n) is 2.62. The van der Waals surface area contributed by atoms with Crippen LogP contribution in [0.4, 0.5) is 5.69 Å². The van der Waals surface area contributed by atoms with E-state index in [1.807, 2.05) is 30.3 Å². The molecule has 0 heterocycles. The number of ether oxygens (including phenoxy) is 1. The summed E-state index contributed by atoms with van der Waals surface area (Å²) < 4.78 is 4.69. The van der Waals surface area contributed by atoms with E-state index >= 15 is 0 Å². The van der Waals surface area contributed by atoms with E-state index in [2.05, 4.69) is 5.32 Å². The quantitative estimate of drug-likeness (QED) is 0.882. The number of carbonyl (C=O) groups is 2. The molecule has 3 rings (SSSR count). The molecule has 2 aromatic carbocycles. The summed E-state index contributed by atoms with van der Waals surface area (Å²) in [6, 6.07) is 16.6. The predicted molar refractivity (Wildman–Crippen MR) is 83.8 cm³/mol. The van der Waals surface area contributed by atoms with E-state index < -0.39 is 11.4 Å². The molecule has 0 bridgehead atoms. The Kier molecular flexibility index (Phi) is 3.67. The maximum atomic E-state index is 12.6. The van der Waals surface area contributed by atoms with E-state index in [9.17, 15) is 9.59 Å². The molecule has 1 fully saturated rings. The van der Waals surface area contributed by atoms with E-state index in [1.54, 1.807) is 24.3 Å². The SMILES string of the molecule is COC(=O)c1cccc(NC(=O)C2(c3ccccc3)CC2)c1. The number of hydrogen-bond donors (Lipinski definition) is 1. The Morgan fingerprint density at radius 1 is 1.05 bits per heavy atom. The highest BCUT2D eigenvalue weighted by atomic mass is 16.5. The summed E-state index contributed by atoms with van der Waals surface area (Å²) >= 11 is 0. The van der Waals surface area contributed by atoms with Gasteiger partial charge in [0.1, 0.15) is 0 Å². The van der Waals surface area contributed by atoms with Gasteiger partial charge in [0.05, 0.1) is 18.1 Å². The maximum absolute atomic E-state index is 12.6. The molecule has 4 nitrogen and oxygen atoms in total. The first kappa shape index (κ1) is 14.3. The van der Waals surface area contributed by atoms with E-state index in [0.29, 0.717) is 11.3 Å². The minimum absolute atomic E-state index is 0.0271. The molecule has 1 N–H and O–H groups in total. The zero-order chi connectivity index (χ0) is 15.6. The van der Waals surface area contributed by atoms with Gasteiger partial charge in [-0.3, -0.25) is 4.79 Å². The van der Waals surface area contributed by atoms with Gasteiger partial charge < -0.3 is 10.1 Å². The number of anilines is 1. The molecule has 0 saturated heterocycles. The standard InChI is InChI=1S/C18H17NO3/c1-22-16(20)13-6-5-9-15(12-13)19-17(21)18(10-11-18)14-7-3-2-4-8-14/h2-9,12H,10-11H2,1H3,(H,19,21).